The molecule has 1 fully saturated rings. The Hall–Kier alpha value is -4.30. The Morgan fingerprint density at radius 2 is 1.72 bits per heavy atom. The summed E-state index contributed by atoms with van der Waals surface area (Å²) in [6.07, 6.45) is 3.06. The van der Waals surface area contributed by atoms with Crippen LogP contribution >= 0.6 is 23.2 Å². The van der Waals surface area contributed by atoms with Crippen molar-refractivity contribution in [3.8, 4) is 0 Å². The summed E-state index contributed by atoms with van der Waals surface area (Å²) >= 11 is 12.1. The van der Waals surface area contributed by atoms with E-state index < -0.39 is 65.9 Å². The quantitative estimate of drug-likeness (QED) is 0.229. The molecule has 0 aliphatic carbocycles. The molecule has 1 saturated heterocycles. The maximum absolute atomic E-state index is 14.1. The zero-order valence-corrected chi connectivity index (χ0v) is 28.2. The molecule has 0 bridgehead atoms. The van der Waals surface area contributed by atoms with Crippen LogP contribution in [0.15, 0.2) is 36.8 Å². The van der Waals surface area contributed by atoms with Crippen LogP contribution in [0.5, 0.6) is 0 Å². The molecule has 0 radical (unpaired) electrons. The number of benzene rings is 1. The van der Waals surface area contributed by atoms with E-state index in [0.29, 0.717) is 17.7 Å². The molecule has 1 aromatic carbocycles. The molecule has 1 aromatic heterocycles. The lowest BCUT2D eigenvalue weighted by atomic mass is 9.98. The van der Waals surface area contributed by atoms with Gasteiger partial charge in [0.2, 0.25) is 17.7 Å². The second kappa shape index (κ2) is 17.0. The van der Waals surface area contributed by atoms with E-state index >= 15 is 0 Å². The van der Waals surface area contributed by atoms with Crippen molar-refractivity contribution in [2.45, 2.75) is 77.7 Å². The van der Waals surface area contributed by atoms with Crippen LogP contribution in [0.1, 0.15) is 57.9 Å². The van der Waals surface area contributed by atoms with Gasteiger partial charge in [-0.3, -0.25) is 29.5 Å². The Balaban J connectivity index is 1.81. The lowest BCUT2D eigenvalue weighted by molar-refractivity contribution is -0.143. The summed E-state index contributed by atoms with van der Waals surface area (Å²) in [5.74, 6) is -3.29. The van der Waals surface area contributed by atoms with Crippen LogP contribution in [0.2, 0.25) is 10.0 Å². The highest BCUT2D eigenvalue weighted by Crippen LogP contribution is 2.27. The molecule has 2 heterocycles. The van der Waals surface area contributed by atoms with Gasteiger partial charge in [-0.25, -0.2) is 9.78 Å². The average Bonchev–Trinajstić information content (AvgIpc) is 3.45. The summed E-state index contributed by atoms with van der Waals surface area (Å²) in [6.45, 7) is 8.44. The SMILES string of the molecule is CC[C@@H](C=O)NC(=O)[C@@H]1C[C@@H](OC(=O)Nc2ccc(Cl)cc2Cl)CN1C(=O)[C@@H](NC(=O)[C@@H](NC(=O)c1cnccn1)C(C)C)C(C)C. The topological polar surface area (TPSA) is 189 Å². The molecular weight excluding hydrogens is 653 g/mol. The van der Waals surface area contributed by atoms with E-state index in [4.69, 9.17) is 27.9 Å². The van der Waals surface area contributed by atoms with Crippen LogP contribution in [0.25, 0.3) is 0 Å². The van der Waals surface area contributed by atoms with Gasteiger partial charge in [0.25, 0.3) is 5.91 Å². The highest BCUT2D eigenvalue weighted by molar-refractivity contribution is 6.36. The third-order valence-electron chi connectivity index (χ3n) is 7.48. The summed E-state index contributed by atoms with van der Waals surface area (Å²) in [4.78, 5) is 87.0. The van der Waals surface area contributed by atoms with E-state index in [1.807, 2.05) is 0 Å². The lowest BCUT2D eigenvalue weighted by Gasteiger charge is -2.32. The number of aldehydes is 1. The molecule has 1 aliphatic rings. The van der Waals surface area contributed by atoms with Crippen molar-refractivity contribution in [3.05, 3.63) is 52.5 Å². The first-order valence-corrected chi connectivity index (χ1v) is 15.9. The molecule has 0 saturated carbocycles. The molecular formula is C31H39Cl2N7O7. The van der Waals surface area contributed by atoms with Crippen LogP contribution in [0, 0.1) is 11.8 Å². The second-order valence-corrected chi connectivity index (χ2v) is 12.5. The first-order valence-electron chi connectivity index (χ1n) is 15.1. The minimum absolute atomic E-state index is 0.0162. The molecule has 1 aliphatic heterocycles. The molecule has 5 amide bonds. The fourth-order valence-corrected chi connectivity index (χ4v) is 5.33. The van der Waals surface area contributed by atoms with Gasteiger partial charge in [-0.1, -0.05) is 57.8 Å². The number of nitrogens with one attached hydrogen (secondary N) is 4. The van der Waals surface area contributed by atoms with E-state index in [1.54, 1.807) is 34.6 Å². The predicted molar refractivity (Wildman–Crippen MR) is 174 cm³/mol. The molecule has 254 valence electrons. The van der Waals surface area contributed by atoms with Crippen molar-refractivity contribution in [2.24, 2.45) is 11.8 Å². The van der Waals surface area contributed by atoms with Crippen molar-refractivity contribution in [1.29, 1.82) is 0 Å². The van der Waals surface area contributed by atoms with Crippen molar-refractivity contribution < 1.29 is 33.5 Å². The fourth-order valence-electron chi connectivity index (χ4n) is 4.87. The third-order valence-corrected chi connectivity index (χ3v) is 8.03. The second-order valence-electron chi connectivity index (χ2n) is 11.7. The first kappa shape index (κ1) is 37.2. The number of carbonyl (C=O) groups excluding carboxylic acids is 6. The van der Waals surface area contributed by atoms with Crippen molar-refractivity contribution in [2.75, 3.05) is 11.9 Å². The first-order chi connectivity index (χ1) is 22.2. The number of anilines is 1. The van der Waals surface area contributed by atoms with Crippen LogP contribution in [-0.4, -0.2) is 87.7 Å². The predicted octanol–water partition coefficient (Wildman–Crippen LogP) is 2.99. The number of nitrogens with zero attached hydrogens (tertiary/aromatic N) is 3. The van der Waals surface area contributed by atoms with Gasteiger partial charge in [0.1, 0.15) is 36.2 Å². The molecule has 2 aromatic rings. The van der Waals surface area contributed by atoms with Crippen LogP contribution in [0.3, 0.4) is 0 Å². The number of likely N-dealkylation sites (tertiary alicyclic amines) is 1. The van der Waals surface area contributed by atoms with Crippen LogP contribution < -0.4 is 21.3 Å². The summed E-state index contributed by atoms with van der Waals surface area (Å²) in [5.41, 5.74) is 0.259. The van der Waals surface area contributed by atoms with Crippen LogP contribution in [0.4, 0.5) is 10.5 Å². The number of amides is 5. The van der Waals surface area contributed by atoms with Gasteiger partial charge >= 0.3 is 6.09 Å². The zero-order chi connectivity index (χ0) is 34.8. The Kier molecular flexibility index (Phi) is 13.5. The van der Waals surface area contributed by atoms with Gasteiger partial charge in [-0.15, -0.1) is 0 Å². The molecule has 14 nitrogen and oxygen atoms in total. The fraction of sp³-hybridized carbons (Fsp3) is 0.484. The number of hydrogen-bond acceptors (Lipinski definition) is 9. The minimum atomic E-state index is -1.12. The average molecular weight is 693 g/mol. The van der Waals surface area contributed by atoms with Gasteiger partial charge in [0.05, 0.1) is 29.5 Å². The summed E-state index contributed by atoms with van der Waals surface area (Å²) < 4.78 is 5.56. The standard InChI is InChI=1S/C31H39Cl2N7O7/c1-6-19(15-41)36-28(43)24-12-20(47-31(46)37-22-8-7-18(32)11-21(22)33)14-40(24)30(45)26(17(4)5)39-29(44)25(16(2)3)38-27(42)23-13-34-9-10-35-23/h7-11,13,15-17,19-20,24-26H,6,12,14H2,1-5H3,(H,36,43)(H,37,46)(H,38,42)(H,39,44)/t19-,20+,24-,25-,26-/m0/s1. The van der Waals surface area contributed by atoms with Crippen molar-refractivity contribution in [1.82, 2.24) is 30.8 Å². The number of hydrogen-bond donors (Lipinski definition) is 4. The largest absolute Gasteiger partial charge is 0.444 e. The Bertz CT molecular complexity index is 1460. The highest BCUT2D eigenvalue weighted by Gasteiger charge is 2.45. The monoisotopic (exact) mass is 691 g/mol. The van der Waals surface area contributed by atoms with Gasteiger partial charge < -0.3 is 30.4 Å². The van der Waals surface area contributed by atoms with Crippen molar-refractivity contribution in [3.63, 3.8) is 0 Å². The number of halogens is 2. The molecule has 16 heteroatoms. The van der Waals surface area contributed by atoms with Gasteiger partial charge in [-0.2, -0.15) is 0 Å². The maximum atomic E-state index is 14.1. The Morgan fingerprint density at radius 3 is 2.30 bits per heavy atom. The summed E-state index contributed by atoms with van der Waals surface area (Å²) in [7, 11) is 0. The Labute approximate surface area is 282 Å². The van der Waals surface area contributed by atoms with E-state index in [1.165, 1.54) is 41.7 Å². The summed E-state index contributed by atoms with van der Waals surface area (Å²) in [6, 6.07) is 0.394. The smallest absolute Gasteiger partial charge is 0.412 e. The van der Waals surface area contributed by atoms with E-state index in [-0.39, 0.29) is 35.3 Å². The van der Waals surface area contributed by atoms with Gasteiger partial charge in [0.15, 0.2) is 0 Å². The normalized spacial score (nSPS) is 17.8. The highest BCUT2D eigenvalue weighted by atomic mass is 35.5. The molecule has 4 N–H and O–H groups in total. The van der Waals surface area contributed by atoms with E-state index in [9.17, 15) is 28.8 Å². The number of ether oxygens (including phenoxy) is 1. The van der Waals surface area contributed by atoms with E-state index in [0.717, 1.165) is 0 Å². The molecule has 0 unspecified atom stereocenters. The van der Waals surface area contributed by atoms with Crippen molar-refractivity contribution >= 4 is 64.9 Å². The van der Waals surface area contributed by atoms with E-state index in [2.05, 4.69) is 31.2 Å². The molecule has 5 atom stereocenters. The third kappa shape index (κ3) is 10.1. The lowest BCUT2D eigenvalue weighted by Crippen LogP contribution is -2.59. The zero-order valence-electron chi connectivity index (χ0n) is 26.7. The molecule has 0 spiro atoms. The minimum Gasteiger partial charge on any atom is -0.444 e. The molecule has 3 rings (SSSR count). The summed E-state index contributed by atoms with van der Waals surface area (Å²) in [5, 5.41) is 11.1. The van der Waals surface area contributed by atoms with Gasteiger partial charge in [0, 0.05) is 23.8 Å². The Morgan fingerprint density at radius 1 is 1.02 bits per heavy atom. The number of carbonyl (C=O) groups is 6. The van der Waals surface area contributed by atoms with Gasteiger partial charge in [-0.05, 0) is 36.5 Å². The number of rotatable bonds is 13. The molecule has 47 heavy (non-hydrogen) atoms. The number of aromatic nitrogens is 2. The van der Waals surface area contributed by atoms with Crippen LogP contribution in [-0.2, 0) is 23.9 Å². The maximum Gasteiger partial charge on any atom is 0.412 e.